The normalized spacial score (nSPS) is 10.7. The fourth-order valence-electron chi connectivity index (χ4n) is 2.35. The fraction of sp³-hybridized carbons (Fsp3) is 0.368. The van der Waals surface area contributed by atoms with E-state index in [4.69, 9.17) is 10.5 Å². The van der Waals surface area contributed by atoms with Gasteiger partial charge < -0.3 is 15.8 Å². The highest BCUT2D eigenvalue weighted by molar-refractivity contribution is 5.54. The molecular weight excluding hydrogens is 291 g/mol. The van der Waals surface area contributed by atoms with Crippen LogP contribution in [0.5, 0.6) is 5.75 Å². The summed E-state index contributed by atoms with van der Waals surface area (Å²) in [7, 11) is 0. The van der Waals surface area contributed by atoms with Gasteiger partial charge in [-0.1, -0.05) is 25.1 Å². The van der Waals surface area contributed by atoms with E-state index in [9.17, 15) is 4.39 Å². The van der Waals surface area contributed by atoms with E-state index in [2.05, 4.69) is 18.3 Å². The molecule has 0 spiro atoms. The molecule has 0 aliphatic carbocycles. The number of nitrogen functional groups attached to an aromatic ring is 1. The highest BCUT2D eigenvalue weighted by Gasteiger charge is 2.02. The molecule has 4 heteroatoms. The number of benzene rings is 2. The van der Waals surface area contributed by atoms with Crippen LogP contribution >= 0.6 is 0 Å². The number of halogens is 1. The van der Waals surface area contributed by atoms with Crippen molar-refractivity contribution in [3.8, 4) is 5.75 Å². The molecular formula is C19H25FN2O. The van der Waals surface area contributed by atoms with Crippen molar-refractivity contribution in [1.82, 2.24) is 5.32 Å². The van der Waals surface area contributed by atoms with Crippen LogP contribution in [0.4, 0.5) is 10.1 Å². The van der Waals surface area contributed by atoms with E-state index in [1.54, 1.807) is 12.1 Å². The Hall–Kier alpha value is -2.07. The third kappa shape index (κ3) is 5.91. The lowest BCUT2D eigenvalue weighted by Crippen LogP contribution is -2.15. The van der Waals surface area contributed by atoms with Gasteiger partial charge in [0.15, 0.2) is 0 Å². The number of rotatable bonds is 9. The molecule has 0 atom stereocenters. The Labute approximate surface area is 137 Å². The molecule has 0 aromatic heterocycles. The topological polar surface area (TPSA) is 47.3 Å². The van der Waals surface area contributed by atoms with Gasteiger partial charge >= 0.3 is 0 Å². The molecule has 0 unspecified atom stereocenters. The van der Waals surface area contributed by atoms with Crippen molar-refractivity contribution in [2.24, 2.45) is 0 Å². The molecule has 124 valence electrons. The highest BCUT2D eigenvalue weighted by atomic mass is 19.1. The Morgan fingerprint density at radius 3 is 2.52 bits per heavy atom. The zero-order valence-corrected chi connectivity index (χ0v) is 13.6. The van der Waals surface area contributed by atoms with Crippen LogP contribution in [0.1, 0.15) is 30.9 Å². The van der Waals surface area contributed by atoms with Crippen LogP contribution in [0.15, 0.2) is 42.5 Å². The molecule has 0 heterocycles. The van der Waals surface area contributed by atoms with Crippen molar-refractivity contribution >= 4 is 5.69 Å². The monoisotopic (exact) mass is 316 g/mol. The average molecular weight is 316 g/mol. The van der Waals surface area contributed by atoms with E-state index in [0.717, 1.165) is 43.7 Å². The molecule has 0 amide bonds. The highest BCUT2D eigenvalue weighted by Crippen LogP contribution is 2.23. The van der Waals surface area contributed by atoms with Crippen LogP contribution in [0, 0.1) is 5.82 Å². The summed E-state index contributed by atoms with van der Waals surface area (Å²) < 4.78 is 18.4. The number of aryl methyl sites for hydroxylation is 1. The van der Waals surface area contributed by atoms with Crippen molar-refractivity contribution < 1.29 is 9.13 Å². The molecule has 0 aliphatic heterocycles. The summed E-state index contributed by atoms with van der Waals surface area (Å²) in [4.78, 5) is 0. The molecule has 0 aliphatic rings. The second-order valence-electron chi connectivity index (χ2n) is 5.63. The van der Waals surface area contributed by atoms with Gasteiger partial charge in [-0.15, -0.1) is 0 Å². The second kappa shape index (κ2) is 9.16. The van der Waals surface area contributed by atoms with Gasteiger partial charge in [0.25, 0.3) is 0 Å². The molecule has 0 fully saturated rings. The standard InChI is InChI=1S/C19H25FN2O/c1-2-12-23-19-10-7-15(13-18(19)21)4-3-11-22-14-16-5-8-17(20)9-6-16/h5-10,13,22H,2-4,11-12,14,21H2,1H3. The Morgan fingerprint density at radius 2 is 1.83 bits per heavy atom. The smallest absolute Gasteiger partial charge is 0.142 e. The Kier molecular flexibility index (Phi) is 6.88. The molecule has 3 N–H and O–H groups in total. The SMILES string of the molecule is CCCOc1ccc(CCCNCc2ccc(F)cc2)cc1N. The van der Waals surface area contributed by atoms with E-state index >= 15 is 0 Å². The van der Waals surface area contributed by atoms with Gasteiger partial charge in [-0.3, -0.25) is 0 Å². The summed E-state index contributed by atoms with van der Waals surface area (Å²) in [5.41, 5.74) is 9.02. The third-order valence-electron chi connectivity index (χ3n) is 3.60. The Morgan fingerprint density at radius 1 is 1.09 bits per heavy atom. The molecule has 3 nitrogen and oxygen atoms in total. The van der Waals surface area contributed by atoms with E-state index < -0.39 is 0 Å². The Bertz CT molecular complexity index is 599. The number of hydrogen-bond donors (Lipinski definition) is 2. The van der Waals surface area contributed by atoms with Crippen molar-refractivity contribution in [2.75, 3.05) is 18.9 Å². The van der Waals surface area contributed by atoms with Crippen LogP contribution < -0.4 is 15.8 Å². The molecule has 2 rings (SSSR count). The lowest BCUT2D eigenvalue weighted by Gasteiger charge is -2.10. The predicted molar refractivity (Wildman–Crippen MR) is 93.1 cm³/mol. The zero-order valence-electron chi connectivity index (χ0n) is 13.6. The number of nitrogens with one attached hydrogen (secondary N) is 1. The summed E-state index contributed by atoms with van der Waals surface area (Å²) in [6.07, 6.45) is 2.96. The minimum Gasteiger partial charge on any atom is -0.491 e. The number of anilines is 1. The third-order valence-corrected chi connectivity index (χ3v) is 3.60. The average Bonchev–Trinajstić information content (AvgIpc) is 2.55. The lowest BCUT2D eigenvalue weighted by molar-refractivity contribution is 0.319. The van der Waals surface area contributed by atoms with Crippen molar-refractivity contribution in [2.45, 2.75) is 32.7 Å². The van der Waals surface area contributed by atoms with Gasteiger partial charge in [-0.25, -0.2) is 4.39 Å². The largest absolute Gasteiger partial charge is 0.491 e. The van der Waals surface area contributed by atoms with E-state index in [-0.39, 0.29) is 5.82 Å². The molecule has 0 saturated carbocycles. The molecule has 2 aromatic carbocycles. The van der Waals surface area contributed by atoms with E-state index in [1.807, 2.05) is 12.1 Å². The Balaban J connectivity index is 1.69. The van der Waals surface area contributed by atoms with Crippen LogP contribution in [0.25, 0.3) is 0 Å². The molecule has 0 radical (unpaired) electrons. The summed E-state index contributed by atoms with van der Waals surface area (Å²) in [5, 5.41) is 3.37. The van der Waals surface area contributed by atoms with Gasteiger partial charge in [0, 0.05) is 6.54 Å². The quantitative estimate of drug-likeness (QED) is 0.544. The molecule has 0 saturated heterocycles. The van der Waals surface area contributed by atoms with Crippen molar-refractivity contribution in [3.05, 3.63) is 59.4 Å². The minimum absolute atomic E-state index is 0.197. The first-order valence-corrected chi connectivity index (χ1v) is 8.15. The summed E-state index contributed by atoms with van der Waals surface area (Å²) in [6.45, 7) is 4.43. The van der Waals surface area contributed by atoms with Gasteiger partial charge in [0.05, 0.1) is 12.3 Å². The van der Waals surface area contributed by atoms with Crippen molar-refractivity contribution in [3.63, 3.8) is 0 Å². The molecule has 0 bridgehead atoms. The van der Waals surface area contributed by atoms with E-state index in [0.29, 0.717) is 12.3 Å². The summed E-state index contributed by atoms with van der Waals surface area (Å²) >= 11 is 0. The predicted octanol–water partition coefficient (Wildman–Crippen LogP) is 3.92. The maximum Gasteiger partial charge on any atom is 0.142 e. The van der Waals surface area contributed by atoms with Gasteiger partial charge in [-0.2, -0.15) is 0 Å². The number of nitrogens with two attached hydrogens (primary N) is 1. The summed E-state index contributed by atoms with van der Waals surface area (Å²) in [5.74, 6) is 0.572. The fourth-order valence-corrected chi connectivity index (χ4v) is 2.35. The van der Waals surface area contributed by atoms with Crippen LogP contribution in [-0.4, -0.2) is 13.2 Å². The number of ether oxygens (including phenoxy) is 1. The van der Waals surface area contributed by atoms with Gasteiger partial charge in [-0.05, 0) is 61.2 Å². The maximum atomic E-state index is 12.8. The first kappa shape index (κ1) is 17.3. The number of hydrogen-bond acceptors (Lipinski definition) is 3. The van der Waals surface area contributed by atoms with Crippen LogP contribution in [0.3, 0.4) is 0 Å². The van der Waals surface area contributed by atoms with E-state index in [1.165, 1.54) is 17.7 Å². The molecule has 23 heavy (non-hydrogen) atoms. The lowest BCUT2D eigenvalue weighted by atomic mass is 10.1. The first-order valence-electron chi connectivity index (χ1n) is 8.15. The van der Waals surface area contributed by atoms with Crippen molar-refractivity contribution in [1.29, 1.82) is 0 Å². The summed E-state index contributed by atoms with van der Waals surface area (Å²) in [6, 6.07) is 12.6. The first-order chi connectivity index (χ1) is 11.2. The molecule has 2 aromatic rings. The van der Waals surface area contributed by atoms with Gasteiger partial charge in [0.1, 0.15) is 11.6 Å². The minimum atomic E-state index is -0.197. The van der Waals surface area contributed by atoms with Crippen LogP contribution in [-0.2, 0) is 13.0 Å². The zero-order chi connectivity index (χ0) is 16.5. The van der Waals surface area contributed by atoms with Gasteiger partial charge in [0.2, 0.25) is 0 Å². The van der Waals surface area contributed by atoms with Crippen LogP contribution in [0.2, 0.25) is 0 Å². The maximum absolute atomic E-state index is 12.8. The second-order valence-corrected chi connectivity index (χ2v) is 5.63.